The molecule has 1 aliphatic heterocycles. The number of nitrogens with zero attached hydrogens (tertiary/aromatic N) is 1. The van der Waals surface area contributed by atoms with E-state index in [4.69, 9.17) is 0 Å². The minimum Gasteiger partial charge on any atom is -0.208 e. The maximum absolute atomic E-state index is 12.6. The largest absolute Gasteiger partial charge is 0.236 e. The first-order chi connectivity index (χ1) is 11.5. The lowest BCUT2D eigenvalue weighted by Gasteiger charge is -2.17. The molecule has 1 aromatic heterocycles. The van der Waals surface area contributed by atoms with Crippen LogP contribution in [0.15, 0.2) is 47.2 Å². The van der Waals surface area contributed by atoms with E-state index < -0.39 is 10.0 Å². The van der Waals surface area contributed by atoms with Crippen LogP contribution in [0.3, 0.4) is 0 Å². The summed E-state index contributed by atoms with van der Waals surface area (Å²) in [5.41, 5.74) is 2.07. The Kier molecular flexibility index (Phi) is 5.81. The standard InChI is InChI=1S/C18H21NO2S3/c1-15-4-6-16(7-5-15)9-14-24(20,21)19-10-8-18(23-13-11-19)17-3-2-12-22-17/h2-7,9,12,14,18H,8,10-11,13H2,1H3/b14-9+. The third-order valence-corrected chi connectivity index (χ3v) is 8.04. The molecular weight excluding hydrogens is 358 g/mol. The van der Waals surface area contributed by atoms with Crippen molar-refractivity contribution in [1.29, 1.82) is 0 Å². The van der Waals surface area contributed by atoms with E-state index in [1.807, 2.05) is 43.0 Å². The predicted octanol–water partition coefficient (Wildman–Crippen LogP) is 4.54. The number of rotatable bonds is 4. The average molecular weight is 380 g/mol. The molecular formula is C18H21NO2S3. The average Bonchev–Trinajstić information content (AvgIpc) is 2.98. The number of sulfonamides is 1. The Labute approximate surface area is 152 Å². The van der Waals surface area contributed by atoms with Crippen molar-refractivity contribution < 1.29 is 8.42 Å². The molecule has 1 saturated heterocycles. The third kappa shape index (κ3) is 4.51. The van der Waals surface area contributed by atoms with E-state index in [9.17, 15) is 8.42 Å². The van der Waals surface area contributed by atoms with Gasteiger partial charge in [-0.25, -0.2) is 8.42 Å². The molecule has 0 saturated carbocycles. The number of hydrogen-bond acceptors (Lipinski definition) is 4. The van der Waals surface area contributed by atoms with Crippen molar-refractivity contribution in [3.05, 3.63) is 63.2 Å². The molecule has 0 amide bonds. The molecule has 6 heteroatoms. The Morgan fingerprint density at radius 2 is 1.96 bits per heavy atom. The van der Waals surface area contributed by atoms with Crippen molar-refractivity contribution in [3.8, 4) is 0 Å². The van der Waals surface area contributed by atoms with Crippen LogP contribution >= 0.6 is 23.1 Å². The van der Waals surface area contributed by atoms with E-state index in [1.54, 1.807) is 21.7 Å². The second kappa shape index (κ2) is 7.87. The van der Waals surface area contributed by atoms with Crippen LogP contribution in [0.5, 0.6) is 0 Å². The van der Waals surface area contributed by atoms with E-state index in [2.05, 4.69) is 17.5 Å². The Bertz CT molecular complexity index is 780. The van der Waals surface area contributed by atoms with Crippen molar-refractivity contribution in [2.75, 3.05) is 18.8 Å². The minimum atomic E-state index is -3.36. The second-order valence-corrected chi connectivity index (χ2v) is 9.93. The summed E-state index contributed by atoms with van der Waals surface area (Å²) in [7, 11) is -3.36. The first-order valence-corrected chi connectivity index (χ1v) is 11.4. The molecule has 2 heterocycles. The molecule has 0 spiro atoms. The number of hydrogen-bond donors (Lipinski definition) is 0. The maximum atomic E-state index is 12.6. The molecule has 24 heavy (non-hydrogen) atoms. The molecule has 1 aromatic carbocycles. The van der Waals surface area contributed by atoms with Crippen LogP contribution in [0.4, 0.5) is 0 Å². The first-order valence-electron chi connectivity index (χ1n) is 7.94. The van der Waals surface area contributed by atoms with Gasteiger partial charge in [-0.3, -0.25) is 0 Å². The molecule has 0 bridgehead atoms. The fourth-order valence-electron chi connectivity index (χ4n) is 2.63. The van der Waals surface area contributed by atoms with Gasteiger partial charge in [0.1, 0.15) is 0 Å². The highest BCUT2D eigenvalue weighted by Crippen LogP contribution is 2.37. The number of benzene rings is 1. The predicted molar refractivity (Wildman–Crippen MR) is 105 cm³/mol. The molecule has 0 radical (unpaired) electrons. The van der Waals surface area contributed by atoms with Crippen LogP contribution in [0, 0.1) is 6.92 Å². The van der Waals surface area contributed by atoms with Crippen LogP contribution in [0.25, 0.3) is 6.08 Å². The molecule has 1 aliphatic rings. The van der Waals surface area contributed by atoms with Gasteiger partial charge in [0, 0.05) is 34.4 Å². The van der Waals surface area contributed by atoms with Crippen molar-refractivity contribution >= 4 is 39.2 Å². The van der Waals surface area contributed by atoms with Crippen LogP contribution in [-0.2, 0) is 10.0 Å². The Balaban J connectivity index is 1.67. The SMILES string of the molecule is Cc1ccc(/C=C/S(=O)(=O)N2CCSC(c3cccs3)CC2)cc1. The normalized spacial score (nSPS) is 20.3. The number of thiophene rings is 1. The number of aryl methyl sites for hydroxylation is 1. The highest BCUT2D eigenvalue weighted by Gasteiger charge is 2.25. The van der Waals surface area contributed by atoms with Crippen molar-refractivity contribution in [2.24, 2.45) is 0 Å². The molecule has 3 nitrogen and oxygen atoms in total. The van der Waals surface area contributed by atoms with Crippen molar-refractivity contribution in [2.45, 2.75) is 18.6 Å². The van der Waals surface area contributed by atoms with Gasteiger partial charge in [0.2, 0.25) is 10.0 Å². The molecule has 0 N–H and O–H groups in total. The molecule has 1 fully saturated rings. The van der Waals surface area contributed by atoms with Gasteiger partial charge in [-0.2, -0.15) is 16.1 Å². The van der Waals surface area contributed by atoms with Gasteiger partial charge in [0.15, 0.2) is 0 Å². The quantitative estimate of drug-likeness (QED) is 0.783. The van der Waals surface area contributed by atoms with Crippen LogP contribution in [0.1, 0.15) is 27.7 Å². The van der Waals surface area contributed by atoms with Gasteiger partial charge in [-0.1, -0.05) is 35.9 Å². The number of thioether (sulfide) groups is 1. The zero-order valence-corrected chi connectivity index (χ0v) is 16.0. The lowest BCUT2D eigenvalue weighted by atomic mass is 10.2. The summed E-state index contributed by atoms with van der Waals surface area (Å²) < 4.78 is 26.8. The van der Waals surface area contributed by atoms with Gasteiger partial charge in [-0.05, 0) is 36.4 Å². The van der Waals surface area contributed by atoms with Crippen molar-refractivity contribution in [3.63, 3.8) is 0 Å². The topological polar surface area (TPSA) is 37.4 Å². The van der Waals surface area contributed by atoms with E-state index in [0.717, 1.165) is 17.7 Å². The Hall–Kier alpha value is -1.08. The summed E-state index contributed by atoms with van der Waals surface area (Å²) in [5.74, 6) is 0.834. The summed E-state index contributed by atoms with van der Waals surface area (Å²) in [5, 5.41) is 3.83. The summed E-state index contributed by atoms with van der Waals surface area (Å²) in [6, 6.07) is 12.0. The fraction of sp³-hybridized carbons (Fsp3) is 0.333. The molecule has 1 atom stereocenters. The van der Waals surface area contributed by atoms with Gasteiger partial charge >= 0.3 is 0 Å². The summed E-state index contributed by atoms with van der Waals surface area (Å²) in [4.78, 5) is 1.34. The minimum absolute atomic E-state index is 0.409. The lowest BCUT2D eigenvalue weighted by Crippen LogP contribution is -2.31. The highest BCUT2D eigenvalue weighted by atomic mass is 32.2. The fourth-order valence-corrected chi connectivity index (χ4v) is 6.19. The Morgan fingerprint density at radius 3 is 2.67 bits per heavy atom. The molecule has 3 rings (SSSR count). The van der Waals surface area contributed by atoms with Crippen LogP contribution in [0.2, 0.25) is 0 Å². The zero-order valence-electron chi connectivity index (χ0n) is 13.6. The lowest BCUT2D eigenvalue weighted by molar-refractivity contribution is 0.435. The molecule has 1 unspecified atom stereocenters. The van der Waals surface area contributed by atoms with Gasteiger partial charge in [0.05, 0.1) is 0 Å². The van der Waals surface area contributed by atoms with Gasteiger partial charge < -0.3 is 0 Å². The van der Waals surface area contributed by atoms with Crippen molar-refractivity contribution in [1.82, 2.24) is 4.31 Å². The smallest absolute Gasteiger partial charge is 0.208 e. The van der Waals surface area contributed by atoms with Crippen LogP contribution < -0.4 is 0 Å². The van der Waals surface area contributed by atoms with E-state index in [-0.39, 0.29) is 0 Å². The van der Waals surface area contributed by atoms with Gasteiger partial charge in [-0.15, -0.1) is 11.3 Å². The second-order valence-electron chi connectivity index (χ2n) is 5.82. The highest BCUT2D eigenvalue weighted by molar-refractivity contribution is 7.99. The summed E-state index contributed by atoms with van der Waals surface area (Å²) in [6.45, 7) is 3.17. The molecule has 128 valence electrons. The summed E-state index contributed by atoms with van der Waals surface area (Å²) in [6.07, 6.45) is 2.55. The van der Waals surface area contributed by atoms with Gasteiger partial charge in [0.25, 0.3) is 0 Å². The van der Waals surface area contributed by atoms with E-state index in [1.165, 1.54) is 15.8 Å². The Morgan fingerprint density at radius 1 is 1.17 bits per heavy atom. The van der Waals surface area contributed by atoms with E-state index >= 15 is 0 Å². The third-order valence-electron chi connectivity index (χ3n) is 4.03. The monoisotopic (exact) mass is 379 g/mol. The summed E-state index contributed by atoms with van der Waals surface area (Å²) >= 11 is 3.61. The molecule has 2 aromatic rings. The molecule has 0 aliphatic carbocycles. The van der Waals surface area contributed by atoms with Crippen LogP contribution in [-0.4, -0.2) is 31.6 Å². The maximum Gasteiger partial charge on any atom is 0.236 e. The first kappa shape index (κ1) is 17.7. The zero-order chi connectivity index (χ0) is 17.0. The van der Waals surface area contributed by atoms with E-state index in [0.29, 0.717) is 18.3 Å².